The van der Waals surface area contributed by atoms with E-state index < -0.39 is 0 Å². The van der Waals surface area contributed by atoms with E-state index in [0.717, 1.165) is 29.4 Å². The Bertz CT molecular complexity index is 1020. The third-order valence-corrected chi connectivity index (χ3v) is 7.70. The van der Waals surface area contributed by atoms with Crippen LogP contribution in [0.4, 0.5) is 11.4 Å². The zero-order valence-corrected chi connectivity index (χ0v) is 17.2. The van der Waals surface area contributed by atoms with E-state index >= 15 is 0 Å². The van der Waals surface area contributed by atoms with Gasteiger partial charge in [-0.2, -0.15) is 0 Å². The van der Waals surface area contributed by atoms with Gasteiger partial charge in [-0.05, 0) is 79.5 Å². The smallest absolute Gasteiger partial charge is 0.308 e. The van der Waals surface area contributed by atoms with Crippen molar-refractivity contribution in [2.45, 2.75) is 39.0 Å². The number of allylic oxidation sites excluding steroid dienone is 1. The molecule has 1 heterocycles. The molecule has 148 valence electrons. The summed E-state index contributed by atoms with van der Waals surface area (Å²) >= 11 is 0. The van der Waals surface area contributed by atoms with Crippen LogP contribution in [0.5, 0.6) is 5.75 Å². The summed E-state index contributed by atoms with van der Waals surface area (Å²) in [6.45, 7) is 1.46. The van der Waals surface area contributed by atoms with Crippen LogP contribution >= 0.6 is 0 Å². The molecule has 0 unspecified atom stereocenters. The van der Waals surface area contributed by atoms with Gasteiger partial charge in [-0.3, -0.25) is 4.79 Å². The molecular weight excluding hydrogens is 358 g/mol. The molecule has 4 aliphatic carbocycles. The maximum absolute atomic E-state index is 11.5. The molecule has 0 aromatic heterocycles. The van der Waals surface area contributed by atoms with Crippen molar-refractivity contribution < 1.29 is 9.53 Å². The van der Waals surface area contributed by atoms with Gasteiger partial charge in [0.2, 0.25) is 0 Å². The normalized spacial score (nSPS) is 29.0. The van der Waals surface area contributed by atoms with E-state index in [2.05, 4.69) is 42.3 Å². The minimum Gasteiger partial charge on any atom is -0.427 e. The average molecular weight is 386 g/mol. The van der Waals surface area contributed by atoms with Crippen LogP contribution in [-0.2, 0) is 4.79 Å². The van der Waals surface area contributed by atoms with Crippen LogP contribution in [0.25, 0.3) is 5.57 Å². The largest absolute Gasteiger partial charge is 0.427 e. The first-order valence-electron chi connectivity index (χ1n) is 11.0. The monoisotopic (exact) mass is 385 g/mol. The number of carbonyl (C=O) groups is 1. The molecule has 0 amide bonds. The lowest BCUT2D eigenvalue weighted by Crippen LogP contribution is -2.41. The second-order valence-electron chi connectivity index (χ2n) is 9.48. The number of rotatable bonds is 1. The van der Waals surface area contributed by atoms with Gasteiger partial charge < -0.3 is 9.64 Å². The Morgan fingerprint density at radius 2 is 1.55 bits per heavy atom. The third kappa shape index (κ3) is 2.59. The molecular formula is C26H27NO2. The Morgan fingerprint density at radius 1 is 0.897 bits per heavy atom. The number of hydrogen-bond acceptors (Lipinski definition) is 3. The van der Waals surface area contributed by atoms with Crippen LogP contribution in [0.2, 0.25) is 0 Å². The lowest BCUT2D eigenvalue weighted by molar-refractivity contribution is -0.131. The number of benzene rings is 2. The van der Waals surface area contributed by atoms with Crippen LogP contribution in [0, 0.1) is 23.7 Å². The highest BCUT2D eigenvalue weighted by atomic mass is 16.5. The van der Waals surface area contributed by atoms with E-state index in [-0.39, 0.29) is 5.97 Å². The number of hydrogen-bond donors (Lipinski definition) is 0. The minimum atomic E-state index is -0.275. The van der Waals surface area contributed by atoms with Crippen molar-refractivity contribution >= 4 is 22.9 Å². The van der Waals surface area contributed by atoms with E-state index in [9.17, 15) is 4.79 Å². The van der Waals surface area contributed by atoms with Crippen molar-refractivity contribution in [2.75, 3.05) is 11.9 Å². The first kappa shape index (κ1) is 17.3. The summed E-state index contributed by atoms with van der Waals surface area (Å²) in [6, 6.07) is 15.0. The van der Waals surface area contributed by atoms with Crippen LogP contribution in [0.1, 0.15) is 50.2 Å². The van der Waals surface area contributed by atoms with Gasteiger partial charge in [0.25, 0.3) is 0 Å². The molecule has 5 aliphatic rings. The lowest BCUT2D eigenvalue weighted by Gasteiger charge is -2.52. The molecule has 3 nitrogen and oxygen atoms in total. The van der Waals surface area contributed by atoms with Crippen LogP contribution in [0.3, 0.4) is 0 Å². The molecule has 0 saturated heterocycles. The number of ether oxygens (including phenoxy) is 1. The number of para-hydroxylation sites is 1. The second-order valence-corrected chi connectivity index (χ2v) is 9.48. The fourth-order valence-corrected chi connectivity index (χ4v) is 6.89. The highest BCUT2D eigenvalue weighted by Gasteiger charge is 2.47. The Balaban J connectivity index is 1.58. The maximum Gasteiger partial charge on any atom is 0.308 e. The highest BCUT2D eigenvalue weighted by molar-refractivity contribution is 5.99. The van der Waals surface area contributed by atoms with Gasteiger partial charge in [0.15, 0.2) is 0 Å². The maximum atomic E-state index is 11.5. The number of nitrogens with zero attached hydrogens (tertiary/aromatic N) is 1. The van der Waals surface area contributed by atoms with Gasteiger partial charge >= 0.3 is 5.97 Å². The Kier molecular flexibility index (Phi) is 3.72. The average Bonchev–Trinajstić information content (AvgIpc) is 2.69. The lowest BCUT2D eigenvalue weighted by atomic mass is 9.53. The van der Waals surface area contributed by atoms with Crippen molar-refractivity contribution in [2.24, 2.45) is 23.7 Å². The number of carbonyl (C=O) groups excluding carboxylic acids is 1. The summed E-state index contributed by atoms with van der Waals surface area (Å²) in [5, 5.41) is 0. The first-order valence-corrected chi connectivity index (χ1v) is 11.0. The quantitative estimate of drug-likeness (QED) is 0.449. The van der Waals surface area contributed by atoms with Gasteiger partial charge in [-0.1, -0.05) is 23.8 Å². The van der Waals surface area contributed by atoms with Gasteiger partial charge in [0, 0.05) is 36.9 Å². The molecule has 7 rings (SSSR count). The summed E-state index contributed by atoms with van der Waals surface area (Å²) in [5.74, 6) is 3.75. The molecule has 4 fully saturated rings. The molecule has 4 bridgehead atoms. The van der Waals surface area contributed by atoms with Gasteiger partial charge in [-0.15, -0.1) is 0 Å². The van der Waals surface area contributed by atoms with Crippen LogP contribution in [0.15, 0.2) is 48.0 Å². The summed E-state index contributed by atoms with van der Waals surface area (Å²) in [7, 11) is 2.12. The van der Waals surface area contributed by atoms with Crippen molar-refractivity contribution in [3.8, 4) is 5.75 Å². The number of fused-ring (bicyclic) bond motifs is 2. The van der Waals surface area contributed by atoms with Crippen molar-refractivity contribution in [3.05, 3.63) is 59.2 Å². The van der Waals surface area contributed by atoms with Crippen molar-refractivity contribution in [3.63, 3.8) is 0 Å². The van der Waals surface area contributed by atoms with E-state index in [1.54, 1.807) is 5.57 Å². The third-order valence-electron chi connectivity index (χ3n) is 7.70. The Labute approximate surface area is 172 Å². The second kappa shape index (κ2) is 6.22. The first-order chi connectivity index (χ1) is 14.1. The van der Waals surface area contributed by atoms with Crippen LogP contribution in [-0.4, -0.2) is 13.0 Å². The fraction of sp³-hybridized carbons (Fsp3) is 0.423. The predicted molar refractivity (Wildman–Crippen MR) is 115 cm³/mol. The topological polar surface area (TPSA) is 29.5 Å². The minimum absolute atomic E-state index is 0.275. The molecule has 2 aromatic rings. The molecule has 0 N–H and O–H groups in total. The Morgan fingerprint density at radius 3 is 2.24 bits per heavy atom. The molecule has 0 atom stereocenters. The standard InChI is InChI=1S/C26H27NO2/c1-15(28)29-20-7-8-22-24(14-20)27(2)23-6-4-3-5-21(23)26(22)25-18-10-16-9-17(12-18)13-19(25)11-16/h3-8,14,16-19H,9-13H2,1-2H3. The summed E-state index contributed by atoms with van der Waals surface area (Å²) in [4.78, 5) is 13.7. The SMILES string of the molecule is CC(=O)Oc1ccc2c(c1)N(C)c1ccccc1C2=C1C2CC3CC(C2)CC1C3. The fourth-order valence-electron chi connectivity index (χ4n) is 6.89. The van der Waals surface area contributed by atoms with Gasteiger partial charge in [-0.25, -0.2) is 0 Å². The Hall–Kier alpha value is -2.55. The number of anilines is 2. The summed E-state index contributed by atoms with van der Waals surface area (Å²) in [6.07, 6.45) is 6.99. The van der Waals surface area contributed by atoms with E-state index in [4.69, 9.17) is 4.74 Å². The van der Waals surface area contributed by atoms with Crippen molar-refractivity contribution in [1.82, 2.24) is 0 Å². The van der Waals surface area contributed by atoms with E-state index in [1.165, 1.54) is 61.4 Å². The molecule has 2 aromatic carbocycles. The predicted octanol–water partition coefficient (Wildman–Crippen LogP) is 5.95. The molecule has 0 radical (unpaired) electrons. The van der Waals surface area contributed by atoms with E-state index in [0.29, 0.717) is 5.75 Å². The highest BCUT2D eigenvalue weighted by Crippen LogP contribution is 2.60. The van der Waals surface area contributed by atoms with Crippen molar-refractivity contribution in [1.29, 1.82) is 0 Å². The summed E-state index contributed by atoms with van der Waals surface area (Å²) < 4.78 is 5.41. The zero-order valence-electron chi connectivity index (χ0n) is 17.2. The molecule has 0 spiro atoms. The van der Waals surface area contributed by atoms with Gasteiger partial charge in [0.05, 0.1) is 5.69 Å². The number of esters is 1. The van der Waals surface area contributed by atoms with Gasteiger partial charge in [0.1, 0.15) is 5.75 Å². The molecule has 4 saturated carbocycles. The molecule has 1 aliphatic heterocycles. The molecule has 3 heteroatoms. The van der Waals surface area contributed by atoms with Crippen LogP contribution < -0.4 is 9.64 Å². The molecule has 29 heavy (non-hydrogen) atoms. The zero-order chi connectivity index (χ0) is 19.7. The summed E-state index contributed by atoms with van der Waals surface area (Å²) in [5.41, 5.74) is 8.24. The van der Waals surface area contributed by atoms with E-state index in [1.807, 2.05) is 12.1 Å².